The van der Waals surface area contributed by atoms with Gasteiger partial charge in [0.2, 0.25) is 0 Å². The van der Waals surface area contributed by atoms with Gasteiger partial charge in [-0.05, 0) is 57.8 Å². The van der Waals surface area contributed by atoms with Crippen molar-refractivity contribution >= 4 is 19.8 Å². The number of phosphoric ester groups is 1. The van der Waals surface area contributed by atoms with Crippen molar-refractivity contribution in [1.82, 2.24) is 0 Å². The predicted molar refractivity (Wildman–Crippen MR) is 372 cm³/mol. The Balaban J connectivity index is 3.80. The summed E-state index contributed by atoms with van der Waals surface area (Å²) in [6, 6.07) is 0. The monoisotopic (exact) mass is 1230 g/mol. The van der Waals surface area contributed by atoms with Gasteiger partial charge in [-0.3, -0.25) is 18.6 Å². The quantitative estimate of drug-likeness (QED) is 0.0264. The molecule has 504 valence electrons. The smallest absolute Gasteiger partial charge is 0.462 e. The molecule has 0 aromatic heterocycles. The molecule has 0 aliphatic rings. The van der Waals surface area contributed by atoms with E-state index in [0.29, 0.717) is 6.42 Å². The number of hydrogen-bond acceptors (Lipinski definition) is 8. The van der Waals surface area contributed by atoms with E-state index in [4.69, 9.17) is 24.3 Å². The van der Waals surface area contributed by atoms with Crippen LogP contribution in [0.1, 0.15) is 380 Å². The first-order chi connectivity index (χ1) is 42.3. The van der Waals surface area contributed by atoms with Gasteiger partial charge in [-0.1, -0.05) is 370 Å². The first kappa shape index (κ1) is 83.7. The predicted octanol–water partition coefficient (Wildman–Crippen LogP) is 24.6. The zero-order chi connectivity index (χ0) is 62.3. The summed E-state index contributed by atoms with van der Waals surface area (Å²) in [7, 11) is -4.39. The van der Waals surface area contributed by atoms with Gasteiger partial charge < -0.3 is 20.1 Å². The number of allylic oxidation sites excluding steroid dienone is 10. The van der Waals surface area contributed by atoms with Crippen LogP contribution in [0.3, 0.4) is 0 Å². The van der Waals surface area contributed by atoms with Crippen LogP contribution < -0.4 is 5.73 Å². The van der Waals surface area contributed by atoms with E-state index in [9.17, 15) is 19.0 Å². The molecule has 0 aliphatic heterocycles. The van der Waals surface area contributed by atoms with Crippen LogP contribution in [-0.4, -0.2) is 49.3 Å². The van der Waals surface area contributed by atoms with E-state index in [1.54, 1.807) is 0 Å². The normalized spacial score (nSPS) is 13.2. The Labute approximate surface area is 533 Å². The molecule has 0 bridgehead atoms. The van der Waals surface area contributed by atoms with E-state index >= 15 is 0 Å². The summed E-state index contributed by atoms with van der Waals surface area (Å²) < 4.78 is 33.2. The van der Waals surface area contributed by atoms with Gasteiger partial charge in [-0.15, -0.1) is 0 Å². The van der Waals surface area contributed by atoms with Crippen LogP contribution in [-0.2, 0) is 32.7 Å². The summed E-state index contributed by atoms with van der Waals surface area (Å²) in [4.78, 5) is 35.4. The molecule has 0 heterocycles. The highest BCUT2D eigenvalue weighted by molar-refractivity contribution is 7.47. The molecule has 86 heavy (non-hydrogen) atoms. The molecule has 0 aromatic rings. The molecule has 9 nitrogen and oxygen atoms in total. The van der Waals surface area contributed by atoms with E-state index < -0.39 is 26.5 Å². The highest BCUT2D eigenvalue weighted by Crippen LogP contribution is 2.43. The number of carbonyl (C=O) groups excluding carboxylic acids is 2. The van der Waals surface area contributed by atoms with Crippen LogP contribution in [0.25, 0.3) is 0 Å². The molecule has 2 unspecified atom stereocenters. The van der Waals surface area contributed by atoms with Crippen molar-refractivity contribution in [2.45, 2.75) is 386 Å². The van der Waals surface area contributed by atoms with Crippen LogP contribution in [0, 0.1) is 0 Å². The van der Waals surface area contributed by atoms with Crippen LogP contribution in [0.4, 0.5) is 0 Å². The molecule has 3 N–H and O–H groups in total. The maximum absolute atomic E-state index is 12.8. The second-order valence-corrected chi connectivity index (χ2v) is 26.6. The van der Waals surface area contributed by atoms with Crippen molar-refractivity contribution in [3.05, 3.63) is 60.8 Å². The maximum Gasteiger partial charge on any atom is 0.472 e. The van der Waals surface area contributed by atoms with Gasteiger partial charge in [0.25, 0.3) is 0 Å². The lowest BCUT2D eigenvalue weighted by molar-refractivity contribution is -0.161. The Morgan fingerprint density at radius 3 is 0.953 bits per heavy atom. The molecule has 0 aliphatic carbocycles. The zero-order valence-electron chi connectivity index (χ0n) is 56.8. The highest BCUT2D eigenvalue weighted by Gasteiger charge is 2.26. The molecule has 0 amide bonds. The third-order valence-corrected chi connectivity index (χ3v) is 17.7. The minimum Gasteiger partial charge on any atom is -0.462 e. The number of unbranched alkanes of at least 4 members (excludes halogenated alkanes) is 48. The number of phosphoric acid groups is 1. The molecule has 0 radical (unpaired) electrons. The number of carbonyl (C=O) groups is 2. The van der Waals surface area contributed by atoms with Crippen LogP contribution in [0.5, 0.6) is 0 Å². The van der Waals surface area contributed by atoms with Gasteiger partial charge in [-0.2, -0.15) is 0 Å². The molecular weight excluding hydrogens is 1090 g/mol. The fraction of sp³-hybridized carbons (Fsp3) is 0.842. The number of nitrogens with two attached hydrogens (primary N) is 1. The maximum atomic E-state index is 12.8. The molecule has 10 heteroatoms. The molecule has 0 fully saturated rings. The summed E-state index contributed by atoms with van der Waals surface area (Å²) in [5.41, 5.74) is 5.41. The zero-order valence-corrected chi connectivity index (χ0v) is 57.7. The third-order valence-electron chi connectivity index (χ3n) is 16.7. The lowest BCUT2D eigenvalue weighted by Gasteiger charge is -2.19. The van der Waals surface area contributed by atoms with Crippen LogP contribution >= 0.6 is 7.82 Å². The lowest BCUT2D eigenvalue weighted by atomic mass is 10.0. The summed E-state index contributed by atoms with van der Waals surface area (Å²) in [5, 5.41) is 0. The lowest BCUT2D eigenvalue weighted by Crippen LogP contribution is -2.29. The first-order valence-electron chi connectivity index (χ1n) is 37.3. The fourth-order valence-electron chi connectivity index (χ4n) is 11.2. The fourth-order valence-corrected chi connectivity index (χ4v) is 12.0. The van der Waals surface area contributed by atoms with Crippen molar-refractivity contribution in [2.24, 2.45) is 5.73 Å². The minimum atomic E-state index is -4.39. The summed E-state index contributed by atoms with van der Waals surface area (Å²) >= 11 is 0. The van der Waals surface area contributed by atoms with E-state index in [2.05, 4.69) is 74.6 Å². The van der Waals surface area contributed by atoms with Crippen molar-refractivity contribution in [1.29, 1.82) is 0 Å². The molecule has 0 spiro atoms. The van der Waals surface area contributed by atoms with Crippen molar-refractivity contribution in [2.75, 3.05) is 26.4 Å². The summed E-state index contributed by atoms with van der Waals surface area (Å²) in [6.07, 6.45) is 93.4. The Morgan fingerprint density at radius 2 is 0.640 bits per heavy atom. The van der Waals surface area contributed by atoms with Gasteiger partial charge in [0.05, 0.1) is 13.2 Å². The molecule has 0 saturated carbocycles. The molecular formula is C76H142NO8P. The van der Waals surface area contributed by atoms with Crippen LogP contribution in [0.15, 0.2) is 60.8 Å². The van der Waals surface area contributed by atoms with E-state index in [1.807, 2.05) is 0 Å². The van der Waals surface area contributed by atoms with Gasteiger partial charge >= 0.3 is 19.8 Å². The number of rotatable bonds is 71. The number of hydrogen-bond donors (Lipinski definition) is 2. The average molecular weight is 1230 g/mol. The van der Waals surface area contributed by atoms with Crippen LogP contribution in [0.2, 0.25) is 0 Å². The molecule has 2 atom stereocenters. The largest absolute Gasteiger partial charge is 0.472 e. The van der Waals surface area contributed by atoms with Crippen molar-refractivity contribution in [3.63, 3.8) is 0 Å². The van der Waals surface area contributed by atoms with Gasteiger partial charge in [-0.25, -0.2) is 4.57 Å². The third kappa shape index (κ3) is 70.8. The first-order valence-corrected chi connectivity index (χ1v) is 38.8. The van der Waals surface area contributed by atoms with Crippen molar-refractivity contribution in [3.8, 4) is 0 Å². The van der Waals surface area contributed by atoms with E-state index in [0.717, 1.165) is 70.6 Å². The molecule has 0 aromatic carbocycles. The Kier molecular flexibility index (Phi) is 69.9. The highest BCUT2D eigenvalue weighted by atomic mass is 31.2. The molecule has 0 saturated heterocycles. The Bertz CT molecular complexity index is 1590. The topological polar surface area (TPSA) is 134 Å². The number of ether oxygens (including phenoxy) is 2. The molecule has 0 rings (SSSR count). The van der Waals surface area contributed by atoms with Crippen molar-refractivity contribution < 1.29 is 37.6 Å². The van der Waals surface area contributed by atoms with Gasteiger partial charge in [0.15, 0.2) is 6.10 Å². The van der Waals surface area contributed by atoms with E-state index in [1.165, 1.54) is 276 Å². The Hall–Kier alpha value is -2.29. The number of esters is 2. The van der Waals surface area contributed by atoms with E-state index in [-0.39, 0.29) is 38.6 Å². The second kappa shape index (κ2) is 71.8. The average Bonchev–Trinajstić information content (AvgIpc) is 3.58. The summed E-state index contributed by atoms with van der Waals surface area (Å²) in [5.74, 6) is -0.809. The van der Waals surface area contributed by atoms with Gasteiger partial charge in [0, 0.05) is 19.4 Å². The Morgan fingerprint density at radius 1 is 0.360 bits per heavy atom. The van der Waals surface area contributed by atoms with Gasteiger partial charge in [0.1, 0.15) is 6.61 Å². The second-order valence-electron chi connectivity index (χ2n) is 25.1. The minimum absolute atomic E-state index is 0.0543. The standard InChI is InChI=1S/C76H142NO8P/c1-3-5-7-9-11-13-15-17-19-21-23-25-27-29-31-33-35-36-37-39-40-42-44-46-48-50-52-54-56-58-60-62-64-66-68-75(78)82-72-74(73-84-86(80,81)83-71-70-77)85-76(79)69-67-65-63-61-59-57-55-53-51-49-47-45-43-41-38-34-32-30-28-26-24-22-20-18-16-14-12-10-8-6-4-2/h6,8,12,14,18,20,24,26,30,32,74H,3-5,7,9-11,13,15-17,19,21-23,25,27-29,31,33-73,77H2,1-2H3,(H,80,81)/b8-6-,14-12-,20-18-,26-24-,32-30-. The SMILES string of the molecule is CC/C=C\C/C=C\C/C=C\C/C=C\C/C=C\CCCCCCCCCCCCCCCCCC(=O)OC(COC(=O)CCCCCCCCCCCCCCCCCCCCCCCCCCCCCCCCCCCC)COP(=O)(O)OCCN. The summed E-state index contributed by atoms with van der Waals surface area (Å²) in [6.45, 7) is 3.70.